The smallest absolute Gasteiger partial charge is 0.302 e. The fourth-order valence-corrected chi connectivity index (χ4v) is 3.98. The van der Waals surface area contributed by atoms with Crippen molar-refractivity contribution in [3.8, 4) is 17.5 Å². The first-order chi connectivity index (χ1) is 15.8. The van der Waals surface area contributed by atoms with E-state index < -0.39 is 0 Å². The van der Waals surface area contributed by atoms with Gasteiger partial charge in [-0.25, -0.2) is 0 Å². The standard InChI is InChI=1S/C26H26N4O3/c1-16-15-30(22-10-5-17(26(2,3)4)13-23(22)32-16)18-6-8-19(9-7-18)33-25-28-21-14-27-12-11-20(21)24(31)29-25/h5-14,16H,15H2,1-4H3,(H,28,29,31). The lowest BCUT2D eigenvalue weighted by Crippen LogP contribution is -2.35. The third kappa shape index (κ3) is 4.14. The van der Waals surface area contributed by atoms with Crippen LogP contribution in [0.1, 0.15) is 33.3 Å². The highest BCUT2D eigenvalue weighted by Gasteiger charge is 2.26. The van der Waals surface area contributed by atoms with Crippen LogP contribution in [0.15, 0.2) is 65.7 Å². The van der Waals surface area contributed by atoms with E-state index in [0.29, 0.717) is 16.7 Å². The minimum atomic E-state index is -0.262. The molecule has 7 nitrogen and oxygen atoms in total. The van der Waals surface area contributed by atoms with Crippen molar-refractivity contribution in [3.63, 3.8) is 0 Å². The van der Waals surface area contributed by atoms with Gasteiger partial charge in [-0.2, -0.15) is 4.98 Å². The van der Waals surface area contributed by atoms with Gasteiger partial charge < -0.3 is 14.4 Å². The number of rotatable bonds is 3. The summed E-state index contributed by atoms with van der Waals surface area (Å²) in [6.07, 6.45) is 3.17. The lowest BCUT2D eigenvalue weighted by atomic mass is 9.86. The van der Waals surface area contributed by atoms with E-state index >= 15 is 0 Å². The molecule has 5 rings (SSSR count). The van der Waals surface area contributed by atoms with Crippen molar-refractivity contribution >= 4 is 22.3 Å². The van der Waals surface area contributed by atoms with Crippen LogP contribution in [0, 0.1) is 0 Å². The van der Waals surface area contributed by atoms with Crippen molar-refractivity contribution < 1.29 is 9.47 Å². The molecule has 4 aromatic rings. The molecule has 0 amide bonds. The highest BCUT2D eigenvalue weighted by atomic mass is 16.5. The summed E-state index contributed by atoms with van der Waals surface area (Å²) in [5.41, 5.74) is 3.60. The van der Waals surface area contributed by atoms with Gasteiger partial charge in [0, 0.05) is 11.9 Å². The van der Waals surface area contributed by atoms with E-state index in [4.69, 9.17) is 9.47 Å². The van der Waals surface area contributed by atoms with E-state index in [1.54, 1.807) is 18.5 Å². The first-order valence-electron chi connectivity index (χ1n) is 11.0. The van der Waals surface area contributed by atoms with Crippen molar-refractivity contribution in [1.82, 2.24) is 15.0 Å². The third-order valence-electron chi connectivity index (χ3n) is 5.73. The average molecular weight is 443 g/mol. The second-order valence-corrected chi connectivity index (χ2v) is 9.33. The van der Waals surface area contributed by atoms with Crippen LogP contribution in [0.4, 0.5) is 11.4 Å². The molecule has 1 atom stereocenters. The number of H-pyrrole nitrogens is 1. The quantitative estimate of drug-likeness (QED) is 0.462. The molecule has 1 unspecified atom stereocenters. The second kappa shape index (κ2) is 7.92. The van der Waals surface area contributed by atoms with Crippen LogP contribution in [-0.4, -0.2) is 27.6 Å². The first kappa shape index (κ1) is 21.0. The summed E-state index contributed by atoms with van der Waals surface area (Å²) in [7, 11) is 0. The van der Waals surface area contributed by atoms with Gasteiger partial charge in [0.05, 0.1) is 29.3 Å². The van der Waals surface area contributed by atoms with Gasteiger partial charge >= 0.3 is 6.01 Å². The predicted molar refractivity (Wildman–Crippen MR) is 129 cm³/mol. The second-order valence-electron chi connectivity index (χ2n) is 9.33. The molecule has 1 N–H and O–H groups in total. The predicted octanol–water partition coefficient (Wildman–Crippen LogP) is 5.33. The first-order valence-corrected chi connectivity index (χ1v) is 11.0. The Labute approximate surface area is 192 Å². The van der Waals surface area contributed by atoms with Gasteiger partial charge in [0.2, 0.25) is 0 Å². The summed E-state index contributed by atoms with van der Waals surface area (Å²) in [5, 5.41) is 0.474. The van der Waals surface area contributed by atoms with Crippen LogP contribution >= 0.6 is 0 Å². The number of ether oxygens (including phenoxy) is 2. The highest BCUT2D eigenvalue weighted by Crippen LogP contribution is 2.41. The van der Waals surface area contributed by atoms with E-state index in [9.17, 15) is 4.79 Å². The Balaban J connectivity index is 1.42. The van der Waals surface area contributed by atoms with Crippen molar-refractivity contribution in [3.05, 3.63) is 76.8 Å². The Kier molecular flexibility index (Phi) is 5.04. The zero-order valence-electron chi connectivity index (χ0n) is 19.1. The maximum absolute atomic E-state index is 12.3. The van der Waals surface area contributed by atoms with E-state index in [1.165, 1.54) is 5.56 Å². The molecule has 1 aliphatic rings. The van der Waals surface area contributed by atoms with Gasteiger partial charge in [-0.1, -0.05) is 26.8 Å². The number of anilines is 2. The van der Waals surface area contributed by atoms with Gasteiger partial charge in [0.1, 0.15) is 17.6 Å². The van der Waals surface area contributed by atoms with Crippen LogP contribution in [-0.2, 0) is 5.41 Å². The van der Waals surface area contributed by atoms with Gasteiger partial charge in [-0.05, 0) is 60.4 Å². The average Bonchev–Trinajstić information content (AvgIpc) is 2.78. The van der Waals surface area contributed by atoms with Gasteiger partial charge in [0.15, 0.2) is 0 Å². The molecule has 33 heavy (non-hydrogen) atoms. The number of aromatic amines is 1. The summed E-state index contributed by atoms with van der Waals surface area (Å²) < 4.78 is 12.0. The normalized spacial score (nSPS) is 15.8. The highest BCUT2D eigenvalue weighted by molar-refractivity contribution is 5.76. The number of hydrogen-bond donors (Lipinski definition) is 1. The fourth-order valence-electron chi connectivity index (χ4n) is 3.98. The molecule has 1 aliphatic heterocycles. The summed E-state index contributed by atoms with van der Waals surface area (Å²) >= 11 is 0. The van der Waals surface area contributed by atoms with Gasteiger partial charge in [0.25, 0.3) is 5.56 Å². The van der Waals surface area contributed by atoms with Gasteiger partial charge in [-0.3, -0.25) is 14.8 Å². The summed E-state index contributed by atoms with van der Waals surface area (Å²) in [6, 6.07) is 15.9. The van der Waals surface area contributed by atoms with Crippen LogP contribution < -0.4 is 19.9 Å². The van der Waals surface area contributed by atoms with E-state index in [0.717, 1.165) is 23.7 Å². The van der Waals surface area contributed by atoms with Crippen LogP contribution in [0.3, 0.4) is 0 Å². The molecule has 2 aromatic carbocycles. The molecule has 0 aliphatic carbocycles. The molecule has 0 saturated heterocycles. The Morgan fingerprint density at radius 2 is 1.91 bits per heavy atom. The number of aromatic nitrogens is 3. The minimum Gasteiger partial charge on any atom is -0.487 e. The molecule has 0 fully saturated rings. The molecule has 168 valence electrons. The topological polar surface area (TPSA) is 80.3 Å². The Hall–Kier alpha value is -3.87. The van der Waals surface area contributed by atoms with Crippen molar-refractivity contribution in [1.29, 1.82) is 0 Å². The number of pyridine rings is 1. The number of nitrogens with zero attached hydrogens (tertiary/aromatic N) is 3. The van der Waals surface area contributed by atoms with Crippen molar-refractivity contribution in [2.24, 2.45) is 0 Å². The van der Waals surface area contributed by atoms with Crippen LogP contribution in [0.2, 0.25) is 0 Å². The summed E-state index contributed by atoms with van der Waals surface area (Å²) in [5.74, 6) is 1.47. The molecular formula is C26H26N4O3. The zero-order valence-corrected chi connectivity index (χ0v) is 19.1. The monoisotopic (exact) mass is 442 g/mol. The SMILES string of the molecule is CC1CN(c2ccc(Oc3nc4cnccc4c(=O)[nH]3)cc2)c2ccc(C(C)(C)C)cc2O1. The molecule has 2 aromatic heterocycles. The fraction of sp³-hybridized carbons (Fsp3) is 0.269. The molecule has 0 saturated carbocycles. The van der Waals surface area contributed by atoms with Crippen molar-refractivity contribution in [2.75, 3.05) is 11.4 Å². The molecule has 0 spiro atoms. The lowest BCUT2D eigenvalue weighted by Gasteiger charge is -2.36. The number of nitrogens with one attached hydrogen (secondary N) is 1. The molecule has 3 heterocycles. The Morgan fingerprint density at radius 3 is 2.67 bits per heavy atom. The molecule has 7 heteroatoms. The van der Waals surface area contributed by atoms with Crippen molar-refractivity contribution in [2.45, 2.75) is 39.2 Å². The van der Waals surface area contributed by atoms with Crippen LogP contribution in [0.25, 0.3) is 10.9 Å². The lowest BCUT2D eigenvalue weighted by molar-refractivity contribution is 0.217. The number of fused-ring (bicyclic) bond motifs is 2. The van der Waals surface area contributed by atoms with Gasteiger partial charge in [-0.15, -0.1) is 0 Å². The number of benzene rings is 2. The summed E-state index contributed by atoms with van der Waals surface area (Å²) in [6.45, 7) is 9.42. The minimum absolute atomic E-state index is 0.0523. The Morgan fingerprint density at radius 1 is 1.12 bits per heavy atom. The van der Waals surface area contributed by atoms with E-state index in [1.807, 2.05) is 24.3 Å². The summed E-state index contributed by atoms with van der Waals surface area (Å²) in [4.78, 5) is 25.5. The third-order valence-corrected chi connectivity index (χ3v) is 5.73. The maximum Gasteiger partial charge on any atom is 0.302 e. The Bertz CT molecular complexity index is 1370. The molecule has 0 bridgehead atoms. The zero-order chi connectivity index (χ0) is 23.2. The molecule has 0 radical (unpaired) electrons. The largest absolute Gasteiger partial charge is 0.487 e. The van der Waals surface area contributed by atoms with E-state index in [-0.39, 0.29) is 23.1 Å². The van der Waals surface area contributed by atoms with Crippen LogP contribution in [0.5, 0.6) is 17.5 Å². The van der Waals surface area contributed by atoms with E-state index in [2.05, 4.69) is 65.7 Å². The maximum atomic E-state index is 12.3. The number of hydrogen-bond acceptors (Lipinski definition) is 6. The molecular weight excluding hydrogens is 416 g/mol.